The minimum absolute atomic E-state index is 0.395. The van der Waals surface area contributed by atoms with Crippen LogP contribution in [0.5, 0.6) is 0 Å². The molecular formula is C21H17N3O2. The number of aliphatic carboxylic acids is 1. The topological polar surface area (TPSA) is 68.0 Å². The van der Waals surface area contributed by atoms with Gasteiger partial charge in [-0.05, 0) is 42.2 Å². The molecule has 0 unspecified atom stereocenters. The third-order valence-corrected chi connectivity index (χ3v) is 4.37. The van der Waals surface area contributed by atoms with Crippen molar-refractivity contribution < 1.29 is 9.90 Å². The zero-order valence-corrected chi connectivity index (χ0v) is 14.0. The zero-order chi connectivity index (χ0) is 17.9. The Morgan fingerprint density at radius 3 is 2.46 bits per heavy atom. The number of rotatable bonds is 4. The van der Waals surface area contributed by atoms with Crippen molar-refractivity contribution in [2.75, 3.05) is 0 Å². The fourth-order valence-electron chi connectivity index (χ4n) is 2.98. The van der Waals surface area contributed by atoms with Crippen LogP contribution in [-0.4, -0.2) is 25.8 Å². The van der Waals surface area contributed by atoms with Crippen LogP contribution in [0.1, 0.15) is 18.7 Å². The minimum Gasteiger partial charge on any atom is -0.478 e. The Bertz CT molecular complexity index is 999. The molecule has 1 aliphatic carbocycles. The van der Waals surface area contributed by atoms with Crippen molar-refractivity contribution in [1.29, 1.82) is 0 Å². The Kier molecular flexibility index (Phi) is 4.19. The highest BCUT2D eigenvalue weighted by molar-refractivity contribution is 5.91. The molecule has 0 saturated carbocycles. The molecule has 128 valence electrons. The van der Waals surface area contributed by atoms with Crippen molar-refractivity contribution in [1.82, 2.24) is 14.8 Å². The summed E-state index contributed by atoms with van der Waals surface area (Å²) in [6, 6.07) is 18.3. The van der Waals surface area contributed by atoms with E-state index in [1.54, 1.807) is 17.1 Å². The number of allylic oxidation sites excluding steroid dienone is 3. The average molecular weight is 343 g/mol. The van der Waals surface area contributed by atoms with Crippen molar-refractivity contribution >= 4 is 11.5 Å². The first kappa shape index (κ1) is 16.0. The average Bonchev–Trinajstić information content (AvgIpc) is 3.19. The number of carboxylic acid groups (broad SMARTS) is 1. The highest BCUT2D eigenvalue weighted by Gasteiger charge is 2.15. The van der Waals surface area contributed by atoms with Crippen molar-refractivity contribution in [2.45, 2.75) is 12.8 Å². The predicted molar refractivity (Wildman–Crippen MR) is 99.7 cm³/mol. The lowest BCUT2D eigenvalue weighted by Crippen LogP contribution is -2.04. The number of aromatic nitrogens is 3. The van der Waals surface area contributed by atoms with E-state index in [-0.39, 0.29) is 0 Å². The number of nitrogens with zero attached hydrogens (tertiary/aromatic N) is 3. The van der Waals surface area contributed by atoms with E-state index < -0.39 is 5.97 Å². The first-order chi connectivity index (χ1) is 12.7. The number of benzene rings is 2. The molecule has 5 nitrogen and oxygen atoms in total. The van der Waals surface area contributed by atoms with Crippen molar-refractivity contribution in [3.63, 3.8) is 0 Å². The maximum atomic E-state index is 11.2. The molecule has 4 rings (SSSR count). The van der Waals surface area contributed by atoms with Gasteiger partial charge in [-0.2, -0.15) is 0 Å². The van der Waals surface area contributed by atoms with Gasteiger partial charge < -0.3 is 5.11 Å². The summed E-state index contributed by atoms with van der Waals surface area (Å²) >= 11 is 0. The van der Waals surface area contributed by atoms with Crippen molar-refractivity contribution in [3.8, 4) is 16.8 Å². The van der Waals surface area contributed by atoms with Crippen LogP contribution in [0, 0.1) is 0 Å². The highest BCUT2D eigenvalue weighted by atomic mass is 16.4. The molecule has 5 heteroatoms. The van der Waals surface area contributed by atoms with Crippen LogP contribution in [-0.2, 0) is 4.79 Å². The van der Waals surface area contributed by atoms with Crippen molar-refractivity contribution in [2.24, 2.45) is 0 Å². The van der Waals surface area contributed by atoms with Crippen LogP contribution in [0.3, 0.4) is 0 Å². The molecule has 26 heavy (non-hydrogen) atoms. The first-order valence-corrected chi connectivity index (χ1v) is 8.42. The van der Waals surface area contributed by atoms with Gasteiger partial charge in [0.1, 0.15) is 6.33 Å². The first-order valence-electron chi connectivity index (χ1n) is 8.42. The predicted octanol–water partition coefficient (Wildman–Crippen LogP) is 4.12. The van der Waals surface area contributed by atoms with Crippen LogP contribution >= 0.6 is 0 Å². The lowest BCUT2D eigenvalue weighted by atomic mass is 9.99. The second kappa shape index (κ2) is 6.80. The molecule has 3 aromatic rings. The van der Waals surface area contributed by atoms with Gasteiger partial charge in [0, 0.05) is 11.1 Å². The molecule has 0 spiro atoms. The van der Waals surface area contributed by atoms with Gasteiger partial charge in [0.15, 0.2) is 5.82 Å². The van der Waals surface area contributed by atoms with Gasteiger partial charge >= 0.3 is 5.97 Å². The molecule has 0 amide bonds. The molecule has 0 fully saturated rings. The summed E-state index contributed by atoms with van der Waals surface area (Å²) in [7, 11) is 0. The zero-order valence-electron chi connectivity index (χ0n) is 14.0. The van der Waals surface area contributed by atoms with Crippen LogP contribution in [0.25, 0.3) is 22.4 Å². The summed E-state index contributed by atoms with van der Waals surface area (Å²) in [5.41, 5.74) is 4.36. The fraction of sp³-hybridized carbons (Fsp3) is 0.0952. The van der Waals surface area contributed by atoms with E-state index in [0.717, 1.165) is 22.4 Å². The molecule has 1 N–H and O–H groups in total. The van der Waals surface area contributed by atoms with E-state index in [2.05, 4.69) is 22.2 Å². The number of hydrogen-bond donors (Lipinski definition) is 1. The summed E-state index contributed by atoms with van der Waals surface area (Å²) in [5, 5.41) is 13.7. The summed E-state index contributed by atoms with van der Waals surface area (Å²) < 4.78 is 1.70. The van der Waals surface area contributed by atoms with Crippen molar-refractivity contribution in [3.05, 3.63) is 84.5 Å². The Morgan fingerprint density at radius 1 is 1.00 bits per heavy atom. The molecular weight excluding hydrogens is 326 g/mol. The molecule has 1 heterocycles. The Labute approximate surface area is 150 Å². The van der Waals surface area contributed by atoms with Crippen LogP contribution in [0.15, 0.2) is 78.6 Å². The Balaban J connectivity index is 1.59. The van der Waals surface area contributed by atoms with Gasteiger partial charge in [-0.15, -0.1) is 5.10 Å². The lowest BCUT2D eigenvalue weighted by molar-refractivity contribution is -0.132. The summed E-state index contributed by atoms with van der Waals surface area (Å²) in [5.74, 6) is -0.345. The molecule has 0 bridgehead atoms. The van der Waals surface area contributed by atoms with Gasteiger partial charge in [0.05, 0.1) is 5.69 Å². The van der Waals surface area contributed by atoms with Gasteiger partial charge in [-0.1, -0.05) is 48.5 Å². The van der Waals surface area contributed by atoms with E-state index in [9.17, 15) is 4.79 Å². The molecule has 0 radical (unpaired) electrons. The van der Waals surface area contributed by atoms with E-state index in [4.69, 9.17) is 5.11 Å². The summed E-state index contributed by atoms with van der Waals surface area (Å²) in [6.45, 7) is 0. The molecule has 0 atom stereocenters. The third-order valence-electron chi connectivity index (χ3n) is 4.37. The summed E-state index contributed by atoms with van der Waals surface area (Å²) in [6.07, 6.45) is 6.51. The molecule has 1 aromatic heterocycles. The lowest BCUT2D eigenvalue weighted by Gasteiger charge is -2.08. The number of carbonyl (C=O) groups is 1. The molecule has 2 aromatic carbocycles. The second-order valence-electron chi connectivity index (χ2n) is 6.10. The minimum atomic E-state index is -0.883. The highest BCUT2D eigenvalue weighted by Crippen LogP contribution is 2.24. The van der Waals surface area contributed by atoms with Crippen LogP contribution in [0.2, 0.25) is 0 Å². The second-order valence-corrected chi connectivity index (χ2v) is 6.10. The fourth-order valence-corrected chi connectivity index (χ4v) is 2.98. The monoisotopic (exact) mass is 343 g/mol. The third kappa shape index (κ3) is 3.19. The molecule has 1 aliphatic rings. The van der Waals surface area contributed by atoms with Crippen LogP contribution in [0.4, 0.5) is 0 Å². The van der Waals surface area contributed by atoms with Gasteiger partial charge in [-0.25, -0.2) is 14.5 Å². The quantitative estimate of drug-likeness (QED) is 0.774. The number of hydrogen-bond acceptors (Lipinski definition) is 3. The Hall–Kier alpha value is -3.47. The van der Waals surface area contributed by atoms with E-state index in [1.807, 2.05) is 48.5 Å². The molecule has 0 aliphatic heterocycles. The maximum absolute atomic E-state index is 11.2. The number of carboxylic acids is 1. The Morgan fingerprint density at radius 2 is 1.73 bits per heavy atom. The largest absolute Gasteiger partial charge is 0.478 e. The van der Waals surface area contributed by atoms with Crippen LogP contribution < -0.4 is 0 Å². The van der Waals surface area contributed by atoms with E-state index in [0.29, 0.717) is 24.2 Å². The van der Waals surface area contributed by atoms with E-state index in [1.165, 1.54) is 0 Å². The SMILES string of the molecule is O=C(O)C1=CC(c2ncn(-c3ccc(-c4ccccc4)cc3)n2)=CCC1. The van der Waals surface area contributed by atoms with E-state index >= 15 is 0 Å². The van der Waals surface area contributed by atoms with Gasteiger partial charge in [0.25, 0.3) is 0 Å². The normalized spacial score (nSPS) is 13.8. The van der Waals surface area contributed by atoms with Gasteiger partial charge in [0.2, 0.25) is 0 Å². The van der Waals surface area contributed by atoms with Gasteiger partial charge in [-0.3, -0.25) is 0 Å². The summed E-state index contributed by atoms with van der Waals surface area (Å²) in [4.78, 5) is 15.5. The maximum Gasteiger partial charge on any atom is 0.331 e. The standard InChI is InChI=1S/C21H17N3O2/c25-21(26)18-8-4-7-17(13-18)20-22-14-24(23-20)19-11-9-16(10-12-19)15-5-2-1-3-6-15/h1-3,5-7,9-14H,4,8H2,(H,25,26). The molecule has 0 saturated heterocycles. The smallest absolute Gasteiger partial charge is 0.331 e.